The number of hydrogen-bond acceptors (Lipinski definition) is 5. The van der Waals surface area contributed by atoms with Crippen molar-refractivity contribution in [2.45, 2.75) is 19.1 Å². The number of carbonyl (C=O) groups excluding carboxylic acids is 2. The van der Waals surface area contributed by atoms with Gasteiger partial charge in [0.05, 0.1) is 20.8 Å². The number of morpholine rings is 1. The van der Waals surface area contributed by atoms with Crippen LogP contribution in [0.4, 0.5) is 8.78 Å². The molecule has 0 aliphatic carbocycles. The van der Waals surface area contributed by atoms with Crippen molar-refractivity contribution in [2.24, 2.45) is 0 Å². The number of nitrogens with one attached hydrogen (secondary N) is 1. The fourth-order valence-electron chi connectivity index (χ4n) is 3.16. The molecule has 2 amide bonds. The van der Waals surface area contributed by atoms with Gasteiger partial charge in [0.15, 0.2) is 11.5 Å². The van der Waals surface area contributed by atoms with Gasteiger partial charge in [0.1, 0.15) is 24.3 Å². The molecule has 1 aliphatic rings. The van der Waals surface area contributed by atoms with E-state index in [1.54, 1.807) is 18.2 Å². The van der Waals surface area contributed by atoms with E-state index in [-0.39, 0.29) is 37.8 Å². The summed E-state index contributed by atoms with van der Waals surface area (Å²) < 4.78 is 42.6. The van der Waals surface area contributed by atoms with E-state index in [2.05, 4.69) is 5.32 Å². The first-order valence-electron chi connectivity index (χ1n) is 9.22. The Morgan fingerprint density at radius 3 is 2.63 bits per heavy atom. The predicted molar refractivity (Wildman–Crippen MR) is 103 cm³/mol. The van der Waals surface area contributed by atoms with Crippen molar-refractivity contribution < 1.29 is 32.6 Å². The lowest BCUT2D eigenvalue weighted by Gasteiger charge is -2.34. The molecule has 1 heterocycles. The summed E-state index contributed by atoms with van der Waals surface area (Å²) in [5.74, 6) is -1.24. The van der Waals surface area contributed by atoms with Gasteiger partial charge in [-0.3, -0.25) is 9.59 Å². The summed E-state index contributed by atoms with van der Waals surface area (Å²) in [4.78, 5) is 26.5. The average molecular weight is 420 g/mol. The Kier molecular flexibility index (Phi) is 6.83. The maximum atomic E-state index is 13.8. The molecule has 0 bridgehead atoms. The van der Waals surface area contributed by atoms with Crippen LogP contribution in [-0.2, 0) is 27.4 Å². The van der Waals surface area contributed by atoms with E-state index in [0.717, 1.165) is 17.7 Å². The second-order valence-electron chi connectivity index (χ2n) is 6.70. The van der Waals surface area contributed by atoms with E-state index in [1.807, 2.05) is 0 Å². The maximum Gasteiger partial charge on any atom is 0.249 e. The molecule has 0 unspecified atom stereocenters. The van der Waals surface area contributed by atoms with Crippen molar-refractivity contribution in [3.8, 4) is 11.5 Å². The van der Waals surface area contributed by atoms with Gasteiger partial charge in [0, 0.05) is 24.7 Å². The lowest BCUT2D eigenvalue weighted by molar-refractivity contribution is -0.155. The van der Waals surface area contributed by atoms with E-state index in [4.69, 9.17) is 14.2 Å². The smallest absolute Gasteiger partial charge is 0.249 e. The molecule has 1 aliphatic heterocycles. The minimum Gasteiger partial charge on any atom is -0.493 e. The van der Waals surface area contributed by atoms with Gasteiger partial charge in [-0.15, -0.1) is 0 Å². The number of rotatable bonds is 7. The third-order valence-electron chi connectivity index (χ3n) is 4.77. The van der Waals surface area contributed by atoms with Crippen LogP contribution in [0, 0.1) is 11.6 Å². The van der Waals surface area contributed by atoms with Crippen LogP contribution in [-0.4, -0.2) is 50.2 Å². The SMILES string of the molecule is COc1ccc(CN2C(=O)COC[C@H]2C(=O)NCc2ccc(F)cc2F)cc1OC. The molecule has 0 spiro atoms. The van der Waals surface area contributed by atoms with Crippen molar-refractivity contribution >= 4 is 11.8 Å². The van der Waals surface area contributed by atoms with Crippen LogP contribution in [0.3, 0.4) is 0 Å². The molecule has 0 saturated carbocycles. The number of nitrogens with zero attached hydrogens (tertiary/aromatic N) is 1. The zero-order valence-electron chi connectivity index (χ0n) is 16.6. The number of ether oxygens (including phenoxy) is 3. The normalized spacial score (nSPS) is 16.3. The van der Waals surface area contributed by atoms with Crippen LogP contribution < -0.4 is 14.8 Å². The molecule has 3 rings (SSSR count). The second kappa shape index (κ2) is 9.53. The summed E-state index contributed by atoms with van der Waals surface area (Å²) in [5.41, 5.74) is 0.879. The topological polar surface area (TPSA) is 77.1 Å². The van der Waals surface area contributed by atoms with Gasteiger partial charge in [-0.1, -0.05) is 12.1 Å². The molecule has 0 radical (unpaired) electrons. The Balaban J connectivity index is 1.72. The van der Waals surface area contributed by atoms with Crippen LogP contribution >= 0.6 is 0 Å². The van der Waals surface area contributed by atoms with Gasteiger partial charge in [0.2, 0.25) is 11.8 Å². The van der Waals surface area contributed by atoms with Crippen LogP contribution in [0.5, 0.6) is 11.5 Å². The quantitative estimate of drug-likeness (QED) is 0.742. The Labute approximate surface area is 172 Å². The molecule has 0 aromatic heterocycles. The number of hydrogen-bond donors (Lipinski definition) is 1. The van der Waals surface area contributed by atoms with Crippen molar-refractivity contribution in [3.63, 3.8) is 0 Å². The van der Waals surface area contributed by atoms with Crippen LogP contribution in [0.15, 0.2) is 36.4 Å². The van der Waals surface area contributed by atoms with Crippen molar-refractivity contribution in [1.82, 2.24) is 10.2 Å². The average Bonchev–Trinajstić information content (AvgIpc) is 2.74. The Morgan fingerprint density at radius 1 is 1.17 bits per heavy atom. The molecule has 7 nitrogen and oxygen atoms in total. The van der Waals surface area contributed by atoms with Crippen LogP contribution in [0.1, 0.15) is 11.1 Å². The molecule has 1 N–H and O–H groups in total. The number of halogens is 2. The third kappa shape index (κ3) is 4.85. The summed E-state index contributed by atoms with van der Waals surface area (Å²) >= 11 is 0. The molecule has 1 fully saturated rings. The summed E-state index contributed by atoms with van der Waals surface area (Å²) in [6.07, 6.45) is 0. The van der Waals surface area contributed by atoms with Crippen LogP contribution in [0.25, 0.3) is 0 Å². The highest BCUT2D eigenvalue weighted by atomic mass is 19.1. The third-order valence-corrected chi connectivity index (χ3v) is 4.77. The van der Waals surface area contributed by atoms with E-state index in [9.17, 15) is 18.4 Å². The molecule has 2 aromatic carbocycles. The molecular weight excluding hydrogens is 398 g/mol. The van der Waals surface area contributed by atoms with E-state index >= 15 is 0 Å². The minimum atomic E-state index is -0.886. The van der Waals surface area contributed by atoms with Gasteiger partial charge in [-0.05, 0) is 23.8 Å². The van der Waals surface area contributed by atoms with Gasteiger partial charge >= 0.3 is 0 Å². The zero-order valence-corrected chi connectivity index (χ0v) is 16.6. The van der Waals surface area contributed by atoms with Crippen molar-refractivity contribution in [1.29, 1.82) is 0 Å². The highest BCUT2D eigenvalue weighted by Gasteiger charge is 2.34. The molecule has 2 aromatic rings. The second-order valence-corrected chi connectivity index (χ2v) is 6.70. The van der Waals surface area contributed by atoms with E-state index < -0.39 is 23.6 Å². The first kappa shape index (κ1) is 21.5. The molecule has 9 heteroatoms. The van der Waals surface area contributed by atoms with Gasteiger partial charge < -0.3 is 24.4 Å². The van der Waals surface area contributed by atoms with Crippen molar-refractivity contribution in [3.05, 3.63) is 59.2 Å². The van der Waals surface area contributed by atoms with Crippen LogP contribution in [0.2, 0.25) is 0 Å². The zero-order chi connectivity index (χ0) is 21.7. The van der Waals surface area contributed by atoms with Gasteiger partial charge in [-0.25, -0.2) is 8.78 Å². The molecule has 30 heavy (non-hydrogen) atoms. The minimum absolute atomic E-state index is 0.0107. The van der Waals surface area contributed by atoms with Gasteiger partial charge in [-0.2, -0.15) is 0 Å². The Morgan fingerprint density at radius 2 is 1.93 bits per heavy atom. The summed E-state index contributed by atoms with van der Waals surface area (Å²) in [6.45, 7) is -0.105. The molecule has 1 atom stereocenters. The van der Waals surface area contributed by atoms with E-state index in [1.165, 1.54) is 25.2 Å². The fourth-order valence-corrected chi connectivity index (χ4v) is 3.16. The summed E-state index contributed by atoms with van der Waals surface area (Å²) in [5, 5.41) is 2.59. The largest absolute Gasteiger partial charge is 0.493 e. The maximum absolute atomic E-state index is 13.8. The Hall–Kier alpha value is -3.20. The Bertz CT molecular complexity index is 938. The van der Waals surface area contributed by atoms with Gasteiger partial charge in [0.25, 0.3) is 0 Å². The first-order valence-corrected chi connectivity index (χ1v) is 9.22. The highest BCUT2D eigenvalue weighted by molar-refractivity contribution is 5.89. The number of benzene rings is 2. The lowest BCUT2D eigenvalue weighted by Crippen LogP contribution is -2.55. The number of carbonyl (C=O) groups is 2. The van der Waals surface area contributed by atoms with Crippen molar-refractivity contribution in [2.75, 3.05) is 27.4 Å². The monoisotopic (exact) mass is 420 g/mol. The molecule has 160 valence electrons. The molecular formula is C21H22F2N2O5. The molecule has 1 saturated heterocycles. The standard InChI is InChI=1S/C21H22F2N2O5/c1-28-18-6-3-13(7-19(18)29-2)10-25-17(11-30-12-20(25)26)21(27)24-9-14-4-5-15(22)8-16(14)23/h3-8,17H,9-12H2,1-2H3,(H,24,27)/t17-/m0/s1. The lowest BCUT2D eigenvalue weighted by atomic mass is 10.1. The summed E-state index contributed by atoms with van der Waals surface area (Å²) in [7, 11) is 3.03. The number of amides is 2. The first-order chi connectivity index (χ1) is 14.4. The predicted octanol–water partition coefficient (Wildman–Crippen LogP) is 2.03. The fraction of sp³-hybridized carbons (Fsp3) is 0.333. The van der Waals surface area contributed by atoms with E-state index in [0.29, 0.717) is 11.5 Å². The summed E-state index contributed by atoms with van der Waals surface area (Å²) in [6, 6.07) is 7.44. The highest BCUT2D eigenvalue weighted by Crippen LogP contribution is 2.28. The number of methoxy groups -OCH3 is 2.